The lowest BCUT2D eigenvalue weighted by molar-refractivity contribution is 0.417. The van der Waals surface area contributed by atoms with Crippen LogP contribution in [0.5, 0.6) is 0 Å². The highest BCUT2D eigenvalue weighted by atomic mass is 35.5. The highest BCUT2D eigenvalue weighted by molar-refractivity contribution is 7.89. The first-order valence-electron chi connectivity index (χ1n) is 5.27. The second-order valence-electron chi connectivity index (χ2n) is 4.34. The Morgan fingerprint density at radius 3 is 2.47 bits per heavy atom. The fraction of sp³-hybridized carbons (Fsp3) is 0.455. The number of nitrogens with zero attached hydrogens (tertiary/aromatic N) is 1. The molecule has 1 aromatic rings. The van der Waals surface area contributed by atoms with Gasteiger partial charge >= 0.3 is 0 Å². The van der Waals surface area contributed by atoms with Gasteiger partial charge in [-0.05, 0) is 18.1 Å². The van der Waals surface area contributed by atoms with Gasteiger partial charge in [-0.1, -0.05) is 31.5 Å². The predicted octanol–water partition coefficient (Wildman–Crippen LogP) is 2.20. The molecule has 0 saturated carbocycles. The molecule has 4 nitrogen and oxygen atoms in total. The molecule has 1 rings (SSSR count). The van der Waals surface area contributed by atoms with E-state index in [1.165, 1.54) is 23.5 Å². The number of rotatable bonds is 4. The molecule has 0 aliphatic rings. The number of hydrogen-bond donors (Lipinski definition) is 1. The number of hydrogen-bond acceptors (Lipinski definition) is 3. The van der Waals surface area contributed by atoms with E-state index >= 15 is 0 Å². The minimum atomic E-state index is -3.62. The van der Waals surface area contributed by atoms with Gasteiger partial charge in [0.15, 0.2) is 0 Å². The summed E-state index contributed by atoms with van der Waals surface area (Å²) in [5.41, 5.74) is 5.86. The summed E-state index contributed by atoms with van der Waals surface area (Å²) in [6.07, 6.45) is 0. The molecule has 2 N–H and O–H groups in total. The number of sulfonamides is 1. The van der Waals surface area contributed by atoms with Gasteiger partial charge < -0.3 is 5.73 Å². The van der Waals surface area contributed by atoms with Crippen molar-refractivity contribution in [1.29, 1.82) is 0 Å². The lowest BCUT2D eigenvalue weighted by Crippen LogP contribution is -2.31. The molecule has 0 saturated heterocycles. The number of halogens is 1. The van der Waals surface area contributed by atoms with Gasteiger partial charge in [0.25, 0.3) is 0 Å². The van der Waals surface area contributed by atoms with Crippen molar-refractivity contribution >= 4 is 27.3 Å². The number of anilines is 1. The van der Waals surface area contributed by atoms with Crippen LogP contribution in [0.25, 0.3) is 0 Å². The molecule has 0 aliphatic carbocycles. The highest BCUT2D eigenvalue weighted by Crippen LogP contribution is 2.29. The molecule has 0 aromatic heterocycles. The lowest BCUT2D eigenvalue weighted by Gasteiger charge is -2.20. The van der Waals surface area contributed by atoms with Crippen molar-refractivity contribution in [2.24, 2.45) is 5.92 Å². The summed E-state index contributed by atoms with van der Waals surface area (Å²) in [5.74, 6) is 0.235. The van der Waals surface area contributed by atoms with Gasteiger partial charge in [0.1, 0.15) is 4.90 Å². The SMILES string of the molecule is CC(C)CN(C)S(=O)(=O)c1c(N)cccc1Cl. The summed E-state index contributed by atoms with van der Waals surface area (Å²) < 4.78 is 25.8. The van der Waals surface area contributed by atoms with Crippen LogP contribution in [0.1, 0.15) is 13.8 Å². The van der Waals surface area contributed by atoms with Gasteiger partial charge in [0.05, 0.1) is 10.7 Å². The monoisotopic (exact) mass is 276 g/mol. The van der Waals surface area contributed by atoms with E-state index in [-0.39, 0.29) is 21.5 Å². The quantitative estimate of drug-likeness (QED) is 0.858. The van der Waals surface area contributed by atoms with Crippen molar-refractivity contribution in [2.75, 3.05) is 19.3 Å². The van der Waals surface area contributed by atoms with Crippen LogP contribution in [0.4, 0.5) is 5.69 Å². The Kier molecular flexibility index (Phi) is 4.41. The molecule has 0 atom stereocenters. The predicted molar refractivity (Wildman–Crippen MR) is 70.5 cm³/mol. The van der Waals surface area contributed by atoms with E-state index in [9.17, 15) is 8.42 Å². The summed E-state index contributed by atoms with van der Waals surface area (Å²) in [7, 11) is -2.09. The summed E-state index contributed by atoms with van der Waals surface area (Å²) in [5, 5.41) is 0.153. The summed E-state index contributed by atoms with van der Waals surface area (Å²) in [6, 6.07) is 4.68. The molecule has 0 bridgehead atoms. The fourth-order valence-corrected chi connectivity index (χ4v) is 3.53. The van der Waals surface area contributed by atoms with Crippen LogP contribution >= 0.6 is 11.6 Å². The van der Waals surface area contributed by atoms with E-state index in [2.05, 4.69) is 0 Å². The molecule has 0 heterocycles. The summed E-state index contributed by atoms with van der Waals surface area (Å²) >= 11 is 5.91. The maximum Gasteiger partial charge on any atom is 0.246 e. The molecule has 96 valence electrons. The molecular formula is C11H17ClN2O2S. The van der Waals surface area contributed by atoms with Crippen LogP contribution < -0.4 is 5.73 Å². The van der Waals surface area contributed by atoms with E-state index in [1.807, 2.05) is 13.8 Å². The Hall–Kier alpha value is -0.780. The molecule has 0 unspecified atom stereocenters. The summed E-state index contributed by atoms with van der Waals surface area (Å²) in [6.45, 7) is 4.32. The molecular weight excluding hydrogens is 260 g/mol. The lowest BCUT2D eigenvalue weighted by atomic mass is 10.2. The third-order valence-electron chi connectivity index (χ3n) is 2.29. The summed E-state index contributed by atoms with van der Waals surface area (Å²) in [4.78, 5) is -0.00943. The molecule has 0 spiro atoms. The van der Waals surface area contributed by atoms with Crippen molar-refractivity contribution in [3.63, 3.8) is 0 Å². The van der Waals surface area contributed by atoms with Crippen LogP contribution in [0.2, 0.25) is 5.02 Å². The zero-order valence-corrected chi connectivity index (χ0v) is 11.7. The maximum atomic E-state index is 12.3. The largest absolute Gasteiger partial charge is 0.398 e. The first kappa shape index (κ1) is 14.3. The second-order valence-corrected chi connectivity index (χ2v) is 6.73. The van der Waals surface area contributed by atoms with Crippen LogP contribution in [0.3, 0.4) is 0 Å². The Morgan fingerprint density at radius 1 is 1.41 bits per heavy atom. The Morgan fingerprint density at radius 2 is 2.00 bits per heavy atom. The Balaban J connectivity index is 3.22. The third-order valence-corrected chi connectivity index (χ3v) is 4.66. The van der Waals surface area contributed by atoms with Crippen LogP contribution in [-0.4, -0.2) is 26.3 Å². The van der Waals surface area contributed by atoms with E-state index in [0.29, 0.717) is 6.54 Å². The van der Waals surface area contributed by atoms with Crippen LogP contribution in [0, 0.1) is 5.92 Å². The number of benzene rings is 1. The van der Waals surface area contributed by atoms with E-state index in [1.54, 1.807) is 6.07 Å². The van der Waals surface area contributed by atoms with Gasteiger partial charge in [0.2, 0.25) is 10.0 Å². The minimum Gasteiger partial charge on any atom is -0.398 e. The molecule has 17 heavy (non-hydrogen) atoms. The van der Waals surface area contributed by atoms with E-state index in [4.69, 9.17) is 17.3 Å². The molecule has 0 radical (unpaired) electrons. The van der Waals surface area contributed by atoms with Gasteiger partial charge in [-0.15, -0.1) is 0 Å². The molecule has 0 fully saturated rings. The average Bonchev–Trinajstić information content (AvgIpc) is 2.15. The average molecular weight is 277 g/mol. The number of nitrogen functional groups attached to an aromatic ring is 1. The van der Waals surface area contributed by atoms with Gasteiger partial charge in [-0.3, -0.25) is 0 Å². The molecule has 0 amide bonds. The van der Waals surface area contributed by atoms with Crippen molar-refractivity contribution in [1.82, 2.24) is 4.31 Å². The Bertz CT molecular complexity index is 480. The van der Waals surface area contributed by atoms with Gasteiger partial charge in [0, 0.05) is 13.6 Å². The van der Waals surface area contributed by atoms with Crippen LogP contribution in [-0.2, 0) is 10.0 Å². The zero-order chi connectivity index (χ0) is 13.2. The number of nitrogens with two attached hydrogens (primary N) is 1. The maximum absolute atomic E-state index is 12.3. The topological polar surface area (TPSA) is 63.4 Å². The molecule has 6 heteroatoms. The third kappa shape index (κ3) is 3.12. The van der Waals surface area contributed by atoms with Crippen molar-refractivity contribution < 1.29 is 8.42 Å². The highest BCUT2D eigenvalue weighted by Gasteiger charge is 2.26. The second kappa shape index (κ2) is 5.25. The zero-order valence-electron chi connectivity index (χ0n) is 10.1. The first-order valence-corrected chi connectivity index (χ1v) is 7.09. The molecule has 0 aliphatic heterocycles. The van der Waals surface area contributed by atoms with Crippen molar-refractivity contribution in [2.45, 2.75) is 18.7 Å². The fourth-order valence-electron chi connectivity index (χ4n) is 1.57. The molecule has 1 aromatic carbocycles. The van der Waals surface area contributed by atoms with E-state index < -0.39 is 10.0 Å². The standard InChI is InChI=1S/C11H17ClN2O2S/c1-8(2)7-14(3)17(15,16)11-9(12)5-4-6-10(11)13/h4-6,8H,7,13H2,1-3H3. The normalized spacial score (nSPS) is 12.4. The minimum absolute atomic E-state index is 0.00943. The van der Waals surface area contributed by atoms with Gasteiger partial charge in [-0.2, -0.15) is 0 Å². The van der Waals surface area contributed by atoms with E-state index in [0.717, 1.165) is 0 Å². The first-order chi connectivity index (χ1) is 7.76. The van der Waals surface area contributed by atoms with Crippen molar-refractivity contribution in [3.05, 3.63) is 23.2 Å². The van der Waals surface area contributed by atoms with Crippen molar-refractivity contribution in [3.8, 4) is 0 Å². The van der Waals surface area contributed by atoms with Crippen LogP contribution in [0.15, 0.2) is 23.1 Å². The Labute approximate surface area is 107 Å². The van der Waals surface area contributed by atoms with Gasteiger partial charge in [-0.25, -0.2) is 12.7 Å². The smallest absolute Gasteiger partial charge is 0.246 e.